The van der Waals surface area contributed by atoms with Crippen molar-refractivity contribution in [3.63, 3.8) is 0 Å². The number of anilines is 4. The van der Waals surface area contributed by atoms with Gasteiger partial charge in [0.2, 0.25) is 0 Å². The number of nitriles is 1. The van der Waals surface area contributed by atoms with Crippen LogP contribution in [0.4, 0.5) is 36.2 Å². The highest BCUT2D eigenvalue weighted by Gasteiger charge is 2.30. The standard InChI is InChI=1S/C18H12F3N5/c19-18(20,21)13-2-1-3-15(8-13)26-17-9-16(23-11-24-17)25-14-6-4-12(10-22)5-7-14/h1-9,11H,(H2,23,24,25,26). The highest BCUT2D eigenvalue weighted by atomic mass is 19.4. The van der Waals surface area contributed by atoms with E-state index in [0.717, 1.165) is 12.1 Å². The second-order valence-electron chi connectivity index (χ2n) is 5.31. The molecule has 0 aliphatic heterocycles. The van der Waals surface area contributed by atoms with E-state index >= 15 is 0 Å². The van der Waals surface area contributed by atoms with Crippen LogP contribution in [0.3, 0.4) is 0 Å². The number of hydrogen-bond acceptors (Lipinski definition) is 5. The summed E-state index contributed by atoms with van der Waals surface area (Å²) in [7, 11) is 0. The summed E-state index contributed by atoms with van der Waals surface area (Å²) < 4.78 is 38.4. The number of aromatic nitrogens is 2. The van der Waals surface area contributed by atoms with Crippen LogP contribution in [-0.4, -0.2) is 9.97 Å². The maximum atomic E-state index is 12.8. The van der Waals surface area contributed by atoms with Crippen LogP contribution >= 0.6 is 0 Å². The van der Waals surface area contributed by atoms with Gasteiger partial charge in [0.25, 0.3) is 0 Å². The molecule has 3 aromatic rings. The van der Waals surface area contributed by atoms with E-state index < -0.39 is 11.7 Å². The smallest absolute Gasteiger partial charge is 0.340 e. The molecule has 0 aliphatic carbocycles. The Hall–Kier alpha value is -3.60. The Labute approximate surface area is 147 Å². The van der Waals surface area contributed by atoms with Gasteiger partial charge in [-0.15, -0.1) is 0 Å². The molecule has 8 heteroatoms. The van der Waals surface area contributed by atoms with Gasteiger partial charge < -0.3 is 10.6 Å². The maximum absolute atomic E-state index is 12.8. The van der Waals surface area contributed by atoms with Gasteiger partial charge in [-0.3, -0.25) is 0 Å². The van der Waals surface area contributed by atoms with Crippen molar-refractivity contribution < 1.29 is 13.2 Å². The molecule has 1 aromatic heterocycles. The average molecular weight is 355 g/mol. The van der Waals surface area contributed by atoms with Crippen LogP contribution in [0.1, 0.15) is 11.1 Å². The fourth-order valence-corrected chi connectivity index (χ4v) is 2.19. The van der Waals surface area contributed by atoms with E-state index in [2.05, 4.69) is 20.6 Å². The van der Waals surface area contributed by atoms with Gasteiger partial charge in [-0.05, 0) is 42.5 Å². The summed E-state index contributed by atoms with van der Waals surface area (Å²) in [4.78, 5) is 8.08. The Morgan fingerprint density at radius 3 is 2.12 bits per heavy atom. The number of nitrogens with one attached hydrogen (secondary N) is 2. The van der Waals surface area contributed by atoms with E-state index in [1.54, 1.807) is 30.3 Å². The lowest BCUT2D eigenvalue weighted by molar-refractivity contribution is -0.137. The zero-order valence-electron chi connectivity index (χ0n) is 13.2. The minimum atomic E-state index is -4.41. The van der Waals surface area contributed by atoms with Crippen molar-refractivity contribution in [1.29, 1.82) is 5.26 Å². The Morgan fingerprint density at radius 1 is 0.846 bits per heavy atom. The molecule has 26 heavy (non-hydrogen) atoms. The Morgan fingerprint density at radius 2 is 1.50 bits per heavy atom. The van der Waals surface area contributed by atoms with E-state index in [4.69, 9.17) is 5.26 Å². The van der Waals surface area contributed by atoms with Crippen molar-refractivity contribution in [2.45, 2.75) is 6.18 Å². The average Bonchev–Trinajstić information content (AvgIpc) is 2.62. The number of rotatable bonds is 4. The topological polar surface area (TPSA) is 73.6 Å². The molecule has 3 rings (SSSR count). The van der Waals surface area contributed by atoms with E-state index in [1.165, 1.54) is 18.5 Å². The third kappa shape index (κ3) is 4.27. The highest BCUT2D eigenvalue weighted by Crippen LogP contribution is 2.31. The lowest BCUT2D eigenvalue weighted by atomic mass is 10.2. The maximum Gasteiger partial charge on any atom is 0.416 e. The minimum Gasteiger partial charge on any atom is -0.340 e. The van der Waals surface area contributed by atoms with E-state index in [0.29, 0.717) is 22.9 Å². The first kappa shape index (κ1) is 17.2. The van der Waals surface area contributed by atoms with Crippen LogP contribution < -0.4 is 10.6 Å². The molecule has 5 nitrogen and oxygen atoms in total. The first-order chi connectivity index (χ1) is 12.4. The number of halogens is 3. The van der Waals surface area contributed by atoms with Gasteiger partial charge in [-0.2, -0.15) is 18.4 Å². The summed E-state index contributed by atoms with van der Waals surface area (Å²) in [5.41, 5.74) is 0.771. The Balaban J connectivity index is 1.76. The van der Waals surface area contributed by atoms with E-state index in [9.17, 15) is 13.2 Å². The Kier molecular flexibility index (Phi) is 4.71. The first-order valence-corrected chi connectivity index (χ1v) is 7.47. The zero-order chi connectivity index (χ0) is 18.6. The molecule has 0 atom stereocenters. The zero-order valence-corrected chi connectivity index (χ0v) is 13.2. The number of benzene rings is 2. The van der Waals surface area contributed by atoms with Crippen LogP contribution in [0, 0.1) is 11.3 Å². The molecule has 2 aromatic carbocycles. The summed E-state index contributed by atoms with van der Waals surface area (Å²) >= 11 is 0. The lowest BCUT2D eigenvalue weighted by Crippen LogP contribution is -2.05. The summed E-state index contributed by atoms with van der Waals surface area (Å²) in [5, 5.41) is 14.7. The highest BCUT2D eigenvalue weighted by molar-refractivity contribution is 5.63. The van der Waals surface area contributed by atoms with Gasteiger partial charge in [0.15, 0.2) is 0 Å². The van der Waals surface area contributed by atoms with Gasteiger partial charge in [-0.25, -0.2) is 9.97 Å². The predicted molar refractivity (Wildman–Crippen MR) is 91.2 cm³/mol. The molecule has 0 unspecified atom stereocenters. The summed E-state index contributed by atoms with van der Waals surface area (Å²) in [6, 6.07) is 15.2. The van der Waals surface area contributed by atoms with Crippen molar-refractivity contribution in [1.82, 2.24) is 9.97 Å². The van der Waals surface area contributed by atoms with Crippen molar-refractivity contribution in [3.05, 3.63) is 72.1 Å². The SMILES string of the molecule is N#Cc1ccc(Nc2cc(Nc3cccc(C(F)(F)F)c3)ncn2)cc1. The second kappa shape index (κ2) is 7.11. The van der Waals surface area contributed by atoms with Gasteiger partial charge in [0.05, 0.1) is 17.2 Å². The fourth-order valence-electron chi connectivity index (χ4n) is 2.19. The van der Waals surface area contributed by atoms with Crippen molar-refractivity contribution in [2.24, 2.45) is 0 Å². The van der Waals surface area contributed by atoms with Crippen molar-refractivity contribution in [3.8, 4) is 6.07 Å². The molecule has 0 bridgehead atoms. The van der Waals surface area contributed by atoms with Crippen LogP contribution in [0.25, 0.3) is 0 Å². The molecule has 0 saturated carbocycles. The Bertz CT molecular complexity index is 946. The molecule has 0 radical (unpaired) electrons. The molecule has 1 heterocycles. The molecular formula is C18H12F3N5. The van der Waals surface area contributed by atoms with E-state index in [1.807, 2.05) is 6.07 Å². The molecule has 0 fully saturated rings. The minimum absolute atomic E-state index is 0.267. The molecule has 0 spiro atoms. The molecule has 0 aliphatic rings. The number of hydrogen-bond donors (Lipinski definition) is 2. The molecular weight excluding hydrogens is 343 g/mol. The van der Waals surface area contributed by atoms with Gasteiger partial charge >= 0.3 is 6.18 Å². The second-order valence-corrected chi connectivity index (χ2v) is 5.31. The van der Waals surface area contributed by atoms with Crippen molar-refractivity contribution in [2.75, 3.05) is 10.6 Å². The first-order valence-electron chi connectivity index (χ1n) is 7.47. The normalized spacial score (nSPS) is 10.8. The number of alkyl halides is 3. The summed E-state index contributed by atoms with van der Waals surface area (Å²) in [6.07, 6.45) is -3.12. The quantitative estimate of drug-likeness (QED) is 0.699. The van der Waals surface area contributed by atoms with Crippen LogP contribution in [0.5, 0.6) is 0 Å². The molecule has 0 saturated heterocycles. The monoisotopic (exact) mass is 355 g/mol. The van der Waals surface area contributed by atoms with Crippen LogP contribution in [0.15, 0.2) is 60.9 Å². The number of nitrogens with zero attached hydrogens (tertiary/aromatic N) is 3. The molecule has 0 amide bonds. The lowest BCUT2D eigenvalue weighted by Gasteiger charge is -2.11. The largest absolute Gasteiger partial charge is 0.416 e. The van der Waals surface area contributed by atoms with Crippen molar-refractivity contribution >= 4 is 23.0 Å². The van der Waals surface area contributed by atoms with E-state index in [-0.39, 0.29) is 5.69 Å². The third-order valence-electron chi connectivity index (χ3n) is 3.42. The van der Waals surface area contributed by atoms with Gasteiger partial charge in [-0.1, -0.05) is 6.07 Å². The van der Waals surface area contributed by atoms with Gasteiger partial charge in [0.1, 0.15) is 18.0 Å². The molecule has 130 valence electrons. The third-order valence-corrected chi connectivity index (χ3v) is 3.42. The van der Waals surface area contributed by atoms with Crippen LogP contribution in [0.2, 0.25) is 0 Å². The predicted octanol–water partition coefficient (Wildman–Crippen LogP) is 4.85. The van der Waals surface area contributed by atoms with Gasteiger partial charge in [0, 0.05) is 17.4 Å². The molecule has 2 N–H and O–H groups in total. The fraction of sp³-hybridized carbons (Fsp3) is 0.0556. The summed E-state index contributed by atoms with van der Waals surface area (Å²) in [6.45, 7) is 0. The van der Waals surface area contributed by atoms with Crippen LogP contribution in [-0.2, 0) is 6.18 Å². The summed E-state index contributed by atoms with van der Waals surface area (Å²) in [5.74, 6) is 0.801.